The number of carbonyl (C=O) groups excluding carboxylic acids is 1. The van der Waals surface area contributed by atoms with Gasteiger partial charge in [-0.25, -0.2) is 13.8 Å². The molecule has 3 unspecified atom stereocenters. The third-order valence-electron chi connectivity index (χ3n) is 9.56. The first-order valence-electron chi connectivity index (χ1n) is 17.3. The maximum Gasteiger partial charge on any atom is 0.273 e. The van der Waals surface area contributed by atoms with E-state index in [9.17, 15) is 9.70 Å². The Morgan fingerprint density at radius 3 is 2.14 bits per heavy atom. The quantitative estimate of drug-likeness (QED) is 0.137. The number of amides is 1. The Kier molecular flexibility index (Phi) is 11.1. The minimum Gasteiger partial charge on any atom is -0.403 e. The summed E-state index contributed by atoms with van der Waals surface area (Å²) in [4.78, 5) is 33.5. The Morgan fingerprint density at radius 2 is 1.59 bits per heavy atom. The number of ether oxygens (including phenoxy) is 2. The lowest BCUT2D eigenvalue weighted by atomic mass is 10.0. The van der Waals surface area contributed by atoms with Crippen LogP contribution in [-0.2, 0) is 20.5 Å². The molecule has 1 amide bonds. The monoisotopic (exact) mass is 734 g/mol. The van der Waals surface area contributed by atoms with E-state index < -0.39 is 26.0 Å². The molecule has 0 spiro atoms. The molecule has 1 aromatic heterocycles. The van der Waals surface area contributed by atoms with E-state index in [0.29, 0.717) is 45.0 Å². The Hall–Kier alpha value is -3.88. The van der Waals surface area contributed by atoms with Gasteiger partial charge in [0.05, 0.1) is 37.7 Å². The highest BCUT2D eigenvalue weighted by atomic mass is 32.1. The summed E-state index contributed by atoms with van der Waals surface area (Å²) in [6, 6.07) is 20.1. The van der Waals surface area contributed by atoms with Gasteiger partial charge in [0.2, 0.25) is 0 Å². The van der Waals surface area contributed by atoms with Crippen LogP contribution in [0.15, 0.2) is 77.3 Å². The summed E-state index contributed by atoms with van der Waals surface area (Å²) in [5.74, 6) is -2.60. The highest BCUT2D eigenvalue weighted by Crippen LogP contribution is 2.41. The van der Waals surface area contributed by atoms with Gasteiger partial charge >= 0.3 is 0 Å². The van der Waals surface area contributed by atoms with Gasteiger partial charge < -0.3 is 23.7 Å². The Morgan fingerprint density at radius 1 is 1.00 bits per heavy atom. The molecule has 0 bridgehead atoms. The van der Waals surface area contributed by atoms with Gasteiger partial charge in [-0.2, -0.15) is 0 Å². The molecule has 3 aromatic carbocycles. The summed E-state index contributed by atoms with van der Waals surface area (Å²) in [6.07, 6.45) is -0.466. The van der Waals surface area contributed by atoms with E-state index in [1.165, 1.54) is 11.4 Å². The molecule has 3 atom stereocenters. The van der Waals surface area contributed by atoms with Gasteiger partial charge in [0.15, 0.2) is 17.7 Å². The van der Waals surface area contributed by atoms with Crippen LogP contribution in [0.25, 0.3) is 0 Å². The van der Waals surface area contributed by atoms with E-state index in [1.54, 1.807) is 9.80 Å². The van der Waals surface area contributed by atoms with Gasteiger partial charge in [-0.1, -0.05) is 86.6 Å². The van der Waals surface area contributed by atoms with Crippen LogP contribution < -0.4 is 15.3 Å². The van der Waals surface area contributed by atoms with Crippen molar-refractivity contribution in [3.63, 3.8) is 0 Å². The van der Waals surface area contributed by atoms with Gasteiger partial charge in [0.25, 0.3) is 14.2 Å². The van der Waals surface area contributed by atoms with Crippen LogP contribution in [0.1, 0.15) is 67.3 Å². The molecule has 2 saturated heterocycles. The number of rotatable bonds is 10. The number of hydrogen-bond donors (Lipinski definition) is 0. The standard InChI is InChI=1S/C38H44F2N4O5SSi/c1-25-21-44(22-26(2)49-25)35-27(23-48-51(38(3,4)5,28-12-8-6-9-13-28)29-14-10-7-11-15-29)20-30(32(39)33(35)40)34(42-46)36-41-31(24-50-36)37(45)43-16-18-47-19-17-43/h6-15,20,24-26,34H,16-19,21-23H2,1-5H3. The van der Waals surface area contributed by atoms with Crippen LogP contribution >= 0.6 is 11.3 Å². The molecule has 4 aromatic rings. The van der Waals surface area contributed by atoms with Crippen molar-refractivity contribution in [3.8, 4) is 0 Å². The molecule has 3 heterocycles. The molecule has 0 saturated carbocycles. The maximum absolute atomic E-state index is 16.7. The first kappa shape index (κ1) is 36.9. The lowest BCUT2D eigenvalue weighted by molar-refractivity contribution is -0.00553. The topological polar surface area (TPSA) is 93.6 Å². The number of anilines is 1. The van der Waals surface area contributed by atoms with Gasteiger partial charge in [0, 0.05) is 42.7 Å². The minimum absolute atomic E-state index is 0.0723. The summed E-state index contributed by atoms with van der Waals surface area (Å²) in [6.45, 7) is 12.5. The van der Waals surface area contributed by atoms with Crippen molar-refractivity contribution in [2.75, 3.05) is 44.3 Å². The minimum atomic E-state index is -3.11. The van der Waals surface area contributed by atoms with Crippen molar-refractivity contribution in [1.82, 2.24) is 9.88 Å². The smallest absolute Gasteiger partial charge is 0.273 e. The second kappa shape index (κ2) is 15.4. The van der Waals surface area contributed by atoms with E-state index in [-0.39, 0.29) is 51.7 Å². The molecule has 9 nitrogen and oxygen atoms in total. The summed E-state index contributed by atoms with van der Waals surface area (Å²) in [5, 5.41) is 6.56. The van der Waals surface area contributed by atoms with Crippen molar-refractivity contribution in [3.05, 3.63) is 110 Å². The Labute approximate surface area is 302 Å². The van der Waals surface area contributed by atoms with E-state index in [4.69, 9.17) is 13.9 Å². The first-order valence-corrected chi connectivity index (χ1v) is 20.0. The number of nitrogens with zero attached hydrogens (tertiary/aromatic N) is 4. The fourth-order valence-corrected chi connectivity index (χ4v) is 12.7. The third kappa shape index (κ3) is 7.40. The number of morpholine rings is 2. The first-order chi connectivity index (χ1) is 24.4. The molecule has 6 rings (SSSR count). The van der Waals surface area contributed by atoms with Crippen molar-refractivity contribution in [2.24, 2.45) is 5.18 Å². The fourth-order valence-electron chi connectivity index (χ4n) is 7.32. The predicted molar refractivity (Wildman–Crippen MR) is 197 cm³/mol. The lowest BCUT2D eigenvalue weighted by Crippen LogP contribution is -2.66. The molecule has 0 radical (unpaired) electrons. The number of carbonyl (C=O) groups is 1. The molecule has 270 valence electrons. The molecule has 51 heavy (non-hydrogen) atoms. The number of aromatic nitrogens is 1. The van der Waals surface area contributed by atoms with Crippen LogP contribution in [-0.4, -0.2) is 75.7 Å². The number of thiazole rings is 1. The average molecular weight is 735 g/mol. The number of benzene rings is 3. The van der Waals surface area contributed by atoms with E-state index in [0.717, 1.165) is 21.7 Å². The van der Waals surface area contributed by atoms with Crippen LogP contribution in [0.5, 0.6) is 0 Å². The highest BCUT2D eigenvalue weighted by Gasteiger charge is 2.50. The van der Waals surface area contributed by atoms with Crippen molar-refractivity contribution < 1.29 is 27.5 Å². The Bertz CT molecular complexity index is 1790. The zero-order valence-corrected chi connectivity index (χ0v) is 31.4. The van der Waals surface area contributed by atoms with Gasteiger partial charge in [-0.3, -0.25) is 4.79 Å². The second-order valence-corrected chi connectivity index (χ2v) is 19.4. The summed E-state index contributed by atoms with van der Waals surface area (Å²) < 4.78 is 51.6. The molecule has 2 aliphatic rings. The molecular formula is C38H44F2N4O5SSi. The number of hydrogen-bond acceptors (Lipinski definition) is 9. The van der Waals surface area contributed by atoms with Crippen LogP contribution in [0.4, 0.5) is 14.5 Å². The van der Waals surface area contributed by atoms with Crippen LogP contribution in [0.2, 0.25) is 5.04 Å². The third-order valence-corrected chi connectivity index (χ3v) is 15.4. The highest BCUT2D eigenvalue weighted by molar-refractivity contribution is 7.10. The van der Waals surface area contributed by atoms with Crippen LogP contribution in [0, 0.1) is 16.5 Å². The molecule has 2 aliphatic heterocycles. The zero-order valence-electron chi connectivity index (χ0n) is 29.6. The molecule has 0 aliphatic carbocycles. The number of halogens is 2. The van der Waals surface area contributed by atoms with Crippen molar-refractivity contribution in [2.45, 2.75) is 64.5 Å². The maximum atomic E-state index is 16.7. The van der Waals surface area contributed by atoms with Gasteiger partial charge in [0.1, 0.15) is 10.7 Å². The molecular weight excluding hydrogens is 691 g/mol. The van der Waals surface area contributed by atoms with E-state index in [2.05, 4.69) is 55.2 Å². The number of nitroso groups, excluding NO2 is 1. The normalized spacial score (nSPS) is 19.2. The van der Waals surface area contributed by atoms with Gasteiger partial charge in [-0.05, 0) is 35.3 Å². The summed E-state index contributed by atoms with van der Waals surface area (Å²) in [5.41, 5.74) is 0.312. The van der Waals surface area contributed by atoms with Crippen molar-refractivity contribution >= 4 is 41.6 Å². The van der Waals surface area contributed by atoms with Crippen LogP contribution in [0.3, 0.4) is 0 Å². The van der Waals surface area contributed by atoms with E-state index >= 15 is 8.78 Å². The van der Waals surface area contributed by atoms with Gasteiger partial charge in [-0.15, -0.1) is 16.2 Å². The largest absolute Gasteiger partial charge is 0.403 e. The second-order valence-electron chi connectivity index (χ2n) is 14.2. The zero-order chi connectivity index (χ0) is 36.3. The summed E-state index contributed by atoms with van der Waals surface area (Å²) in [7, 11) is -3.11. The molecule has 13 heteroatoms. The lowest BCUT2D eigenvalue weighted by Gasteiger charge is -2.43. The molecule has 0 N–H and O–H groups in total. The Balaban J connectivity index is 1.46. The van der Waals surface area contributed by atoms with Crippen molar-refractivity contribution in [1.29, 1.82) is 0 Å². The van der Waals surface area contributed by atoms with E-state index in [1.807, 2.05) is 50.2 Å². The predicted octanol–water partition coefficient (Wildman–Crippen LogP) is 6.44. The summed E-state index contributed by atoms with van der Waals surface area (Å²) >= 11 is 1.01. The molecule has 2 fully saturated rings. The average Bonchev–Trinajstić information content (AvgIpc) is 3.61. The SMILES string of the molecule is CC1CN(c2c(CO[Si](c3ccccc3)(c3ccccc3)C(C)(C)C)cc(C(N=O)c3nc(C(=O)N4CCOCC4)cs3)c(F)c2F)CC(C)O1. The fraction of sp³-hybridized carbons (Fsp3) is 0.421.